The van der Waals surface area contributed by atoms with Gasteiger partial charge in [-0.15, -0.1) is 0 Å². The molecule has 1 amide bonds. The summed E-state index contributed by atoms with van der Waals surface area (Å²) in [6, 6.07) is 13.6. The second-order valence-corrected chi connectivity index (χ2v) is 6.24. The highest BCUT2D eigenvalue weighted by molar-refractivity contribution is 6.07. The predicted molar refractivity (Wildman–Crippen MR) is 103 cm³/mol. The van der Waals surface area contributed by atoms with Crippen molar-refractivity contribution in [1.82, 2.24) is 0 Å². The Morgan fingerprint density at radius 3 is 2.29 bits per heavy atom. The van der Waals surface area contributed by atoms with Crippen molar-refractivity contribution in [2.24, 2.45) is 5.92 Å². The fourth-order valence-corrected chi connectivity index (χ4v) is 2.60. The third kappa shape index (κ3) is 4.35. The molecule has 144 valence electrons. The van der Waals surface area contributed by atoms with E-state index in [0.29, 0.717) is 28.7 Å². The van der Waals surface area contributed by atoms with Crippen molar-refractivity contribution in [3.05, 3.63) is 53.8 Å². The lowest BCUT2D eigenvalue weighted by Crippen LogP contribution is -2.15. The van der Waals surface area contributed by atoms with E-state index in [4.69, 9.17) is 19.5 Å². The van der Waals surface area contributed by atoms with Crippen molar-refractivity contribution in [1.29, 1.82) is 5.26 Å². The number of carbonyl (C=O) groups excluding carboxylic acids is 1. The highest BCUT2D eigenvalue weighted by Gasteiger charge is 2.30. The summed E-state index contributed by atoms with van der Waals surface area (Å²) in [5.41, 5.74) is 0.245. The van der Waals surface area contributed by atoms with E-state index < -0.39 is 5.91 Å². The number of aliphatic hydroxyl groups is 1. The molecule has 7 nitrogen and oxygen atoms in total. The normalized spacial score (nSPS) is 13.8. The molecule has 0 bridgehead atoms. The topological polar surface area (TPSA) is 101 Å². The Kier molecular flexibility index (Phi) is 5.70. The number of allylic oxidation sites excluding steroid dienone is 1. The van der Waals surface area contributed by atoms with Crippen LogP contribution in [0.5, 0.6) is 23.0 Å². The third-order valence-corrected chi connectivity index (χ3v) is 4.26. The molecule has 0 saturated heterocycles. The van der Waals surface area contributed by atoms with Gasteiger partial charge in [0, 0.05) is 17.7 Å². The Hall–Kier alpha value is -3.66. The van der Waals surface area contributed by atoms with Crippen LogP contribution < -0.4 is 19.5 Å². The zero-order valence-corrected chi connectivity index (χ0v) is 15.6. The minimum absolute atomic E-state index is 0.0716. The van der Waals surface area contributed by atoms with Crippen LogP contribution in [-0.4, -0.2) is 25.2 Å². The Morgan fingerprint density at radius 2 is 1.71 bits per heavy atom. The third-order valence-electron chi connectivity index (χ3n) is 4.26. The number of methoxy groups -OCH3 is 2. The van der Waals surface area contributed by atoms with Crippen molar-refractivity contribution in [2.75, 3.05) is 19.5 Å². The maximum atomic E-state index is 12.2. The SMILES string of the molecule is COc1ccc(Oc2ccc(NC(=O)C(C#N)=C(O)C3CC3)cc2)cc1OC. The molecule has 2 aromatic rings. The van der Waals surface area contributed by atoms with Gasteiger partial charge in [-0.25, -0.2) is 0 Å². The van der Waals surface area contributed by atoms with Gasteiger partial charge in [0.2, 0.25) is 0 Å². The Bertz CT molecular complexity index is 940. The first-order valence-corrected chi connectivity index (χ1v) is 8.70. The minimum Gasteiger partial charge on any atom is -0.510 e. The lowest BCUT2D eigenvalue weighted by molar-refractivity contribution is -0.112. The van der Waals surface area contributed by atoms with Crippen LogP contribution in [0.2, 0.25) is 0 Å². The highest BCUT2D eigenvalue weighted by atomic mass is 16.5. The van der Waals surface area contributed by atoms with Gasteiger partial charge in [-0.2, -0.15) is 5.26 Å². The Labute approximate surface area is 162 Å². The molecule has 0 heterocycles. The summed E-state index contributed by atoms with van der Waals surface area (Å²) < 4.78 is 16.2. The summed E-state index contributed by atoms with van der Waals surface area (Å²) in [6.45, 7) is 0. The second kappa shape index (κ2) is 8.35. The van der Waals surface area contributed by atoms with Crippen molar-refractivity contribution < 1.29 is 24.1 Å². The molecular formula is C21H20N2O5. The summed E-state index contributed by atoms with van der Waals surface area (Å²) in [4.78, 5) is 12.2. The molecule has 2 N–H and O–H groups in total. The number of amides is 1. The first kappa shape index (κ1) is 19.1. The molecule has 2 aromatic carbocycles. The highest BCUT2D eigenvalue weighted by Crippen LogP contribution is 2.36. The van der Waals surface area contributed by atoms with Crippen molar-refractivity contribution in [3.8, 4) is 29.1 Å². The molecule has 0 spiro atoms. The summed E-state index contributed by atoms with van der Waals surface area (Å²) >= 11 is 0. The van der Waals surface area contributed by atoms with Gasteiger partial charge in [-0.1, -0.05) is 0 Å². The molecule has 0 atom stereocenters. The Morgan fingerprint density at radius 1 is 1.07 bits per heavy atom. The van der Waals surface area contributed by atoms with E-state index in [1.807, 2.05) is 0 Å². The number of aliphatic hydroxyl groups excluding tert-OH is 1. The van der Waals surface area contributed by atoms with E-state index in [-0.39, 0.29) is 17.3 Å². The number of carbonyl (C=O) groups is 1. The minimum atomic E-state index is -0.625. The first-order chi connectivity index (χ1) is 13.5. The number of benzene rings is 2. The second-order valence-electron chi connectivity index (χ2n) is 6.24. The molecular weight excluding hydrogens is 360 g/mol. The molecule has 1 aliphatic rings. The monoisotopic (exact) mass is 380 g/mol. The van der Waals surface area contributed by atoms with Crippen molar-refractivity contribution >= 4 is 11.6 Å². The van der Waals surface area contributed by atoms with Gasteiger partial charge in [-0.3, -0.25) is 4.79 Å². The molecule has 7 heteroatoms. The molecule has 0 aliphatic heterocycles. The molecule has 28 heavy (non-hydrogen) atoms. The van der Waals surface area contributed by atoms with E-state index in [0.717, 1.165) is 12.8 Å². The smallest absolute Gasteiger partial charge is 0.269 e. The molecule has 1 aliphatic carbocycles. The van der Waals surface area contributed by atoms with E-state index >= 15 is 0 Å². The van der Waals surface area contributed by atoms with Gasteiger partial charge in [0.1, 0.15) is 23.3 Å². The fraction of sp³-hybridized carbons (Fsp3) is 0.238. The van der Waals surface area contributed by atoms with Crippen LogP contribution >= 0.6 is 0 Å². The number of nitrogens with one attached hydrogen (secondary N) is 1. The van der Waals surface area contributed by atoms with Gasteiger partial charge >= 0.3 is 0 Å². The van der Waals surface area contributed by atoms with Crippen LogP contribution in [0.15, 0.2) is 53.8 Å². The number of hydrogen-bond donors (Lipinski definition) is 2. The lowest BCUT2D eigenvalue weighted by atomic mass is 10.1. The number of anilines is 1. The van der Waals surface area contributed by atoms with Crippen LogP contribution in [0.3, 0.4) is 0 Å². The molecule has 0 unspecified atom stereocenters. The van der Waals surface area contributed by atoms with E-state index in [2.05, 4.69) is 5.32 Å². The van der Waals surface area contributed by atoms with Crippen LogP contribution in [0.1, 0.15) is 12.8 Å². The molecule has 0 aromatic heterocycles. The summed E-state index contributed by atoms with van der Waals surface area (Å²) in [6.07, 6.45) is 1.60. The predicted octanol–water partition coefficient (Wildman–Crippen LogP) is 4.18. The number of nitrogens with zero attached hydrogens (tertiary/aromatic N) is 1. The molecule has 0 radical (unpaired) electrons. The van der Waals surface area contributed by atoms with Crippen LogP contribution in [0.25, 0.3) is 0 Å². The van der Waals surface area contributed by atoms with Gasteiger partial charge in [0.05, 0.1) is 14.2 Å². The maximum Gasteiger partial charge on any atom is 0.269 e. The van der Waals surface area contributed by atoms with Gasteiger partial charge in [0.25, 0.3) is 5.91 Å². The van der Waals surface area contributed by atoms with Gasteiger partial charge in [-0.05, 0) is 49.2 Å². The lowest BCUT2D eigenvalue weighted by Gasteiger charge is -2.11. The van der Waals surface area contributed by atoms with Crippen molar-refractivity contribution in [2.45, 2.75) is 12.8 Å². The Balaban J connectivity index is 1.68. The number of hydrogen-bond acceptors (Lipinski definition) is 6. The van der Waals surface area contributed by atoms with E-state index in [9.17, 15) is 9.90 Å². The maximum absolute atomic E-state index is 12.2. The molecule has 1 fully saturated rings. The van der Waals surface area contributed by atoms with E-state index in [1.54, 1.807) is 62.8 Å². The summed E-state index contributed by atoms with van der Waals surface area (Å²) in [7, 11) is 3.10. The largest absolute Gasteiger partial charge is 0.510 e. The molecule has 3 rings (SSSR count). The number of ether oxygens (including phenoxy) is 3. The summed E-state index contributed by atoms with van der Waals surface area (Å²) in [5, 5.41) is 21.7. The zero-order valence-electron chi connectivity index (χ0n) is 15.6. The van der Waals surface area contributed by atoms with Crippen LogP contribution in [-0.2, 0) is 4.79 Å². The van der Waals surface area contributed by atoms with Gasteiger partial charge < -0.3 is 24.6 Å². The van der Waals surface area contributed by atoms with Crippen LogP contribution in [0, 0.1) is 17.2 Å². The summed E-state index contributed by atoms with van der Waals surface area (Å²) in [5.74, 6) is 1.45. The van der Waals surface area contributed by atoms with E-state index in [1.165, 1.54) is 0 Å². The number of rotatable bonds is 7. The first-order valence-electron chi connectivity index (χ1n) is 8.70. The standard InChI is InChI=1S/C21H20N2O5/c1-26-18-10-9-16(11-19(18)27-2)28-15-7-5-14(6-8-15)23-21(25)17(12-22)20(24)13-3-4-13/h5-11,13,24H,3-4H2,1-2H3,(H,23,25). The average molecular weight is 380 g/mol. The zero-order chi connectivity index (χ0) is 20.1. The van der Waals surface area contributed by atoms with Crippen LogP contribution in [0.4, 0.5) is 5.69 Å². The molecule has 1 saturated carbocycles. The average Bonchev–Trinajstić information content (AvgIpc) is 3.55. The number of nitriles is 1. The van der Waals surface area contributed by atoms with Crippen molar-refractivity contribution in [3.63, 3.8) is 0 Å². The fourth-order valence-electron chi connectivity index (χ4n) is 2.60. The van der Waals surface area contributed by atoms with Gasteiger partial charge in [0.15, 0.2) is 17.1 Å². The quantitative estimate of drug-likeness (QED) is 0.424.